The van der Waals surface area contributed by atoms with Crippen molar-refractivity contribution in [2.24, 2.45) is 11.7 Å². The minimum absolute atomic E-state index is 0.131. The summed E-state index contributed by atoms with van der Waals surface area (Å²) in [7, 11) is 1.69. The highest BCUT2D eigenvalue weighted by molar-refractivity contribution is 5.96. The van der Waals surface area contributed by atoms with E-state index in [4.69, 9.17) is 11.0 Å². The molecule has 0 aliphatic rings. The first-order valence-corrected chi connectivity index (χ1v) is 6.44. The molecule has 0 spiro atoms. The molecule has 20 heavy (non-hydrogen) atoms. The van der Waals surface area contributed by atoms with Gasteiger partial charge in [-0.25, -0.2) is 0 Å². The first-order valence-electron chi connectivity index (χ1n) is 6.44. The topological polar surface area (TPSA) is 70.1 Å². The van der Waals surface area contributed by atoms with E-state index in [9.17, 15) is 4.79 Å². The number of rotatable bonds is 3. The largest absolute Gasteiger partial charge is 0.340 e. The minimum Gasteiger partial charge on any atom is -0.340 e. The zero-order valence-corrected chi connectivity index (χ0v) is 12.1. The summed E-state index contributed by atoms with van der Waals surface area (Å²) in [4.78, 5) is 14.0. The van der Waals surface area contributed by atoms with E-state index >= 15 is 0 Å². The lowest BCUT2D eigenvalue weighted by Crippen LogP contribution is -2.31. The lowest BCUT2D eigenvalue weighted by atomic mass is 10.0. The smallest absolute Gasteiger partial charge is 0.254 e. The molecule has 0 saturated carbocycles. The van der Waals surface area contributed by atoms with Crippen LogP contribution < -0.4 is 5.73 Å². The number of aryl methyl sites for hydroxylation is 1. The summed E-state index contributed by atoms with van der Waals surface area (Å²) in [6, 6.07) is 7.64. The highest BCUT2D eigenvalue weighted by Gasteiger charge is 2.17. The molecule has 2 N–H and O–H groups in total. The van der Waals surface area contributed by atoms with Crippen molar-refractivity contribution in [1.82, 2.24) is 4.90 Å². The van der Waals surface area contributed by atoms with Crippen molar-refractivity contribution >= 4 is 5.91 Å². The fourth-order valence-electron chi connectivity index (χ4n) is 1.83. The first-order chi connectivity index (χ1) is 9.49. The van der Waals surface area contributed by atoms with Gasteiger partial charge in [0.2, 0.25) is 0 Å². The van der Waals surface area contributed by atoms with Crippen LogP contribution in [0.25, 0.3) is 0 Å². The van der Waals surface area contributed by atoms with Gasteiger partial charge in [-0.05, 0) is 31.5 Å². The van der Waals surface area contributed by atoms with Gasteiger partial charge in [0.15, 0.2) is 0 Å². The number of nitriles is 1. The van der Waals surface area contributed by atoms with Crippen LogP contribution in [0.4, 0.5) is 0 Å². The molecule has 0 radical (unpaired) electrons. The molecule has 1 aromatic rings. The van der Waals surface area contributed by atoms with Crippen LogP contribution in [0.3, 0.4) is 0 Å². The Bertz CT molecular complexity index is 590. The zero-order chi connectivity index (χ0) is 15.1. The minimum atomic E-state index is -0.201. The summed E-state index contributed by atoms with van der Waals surface area (Å²) in [5.74, 6) is 5.37. The van der Waals surface area contributed by atoms with E-state index in [0.29, 0.717) is 17.7 Å². The molecule has 0 bridgehead atoms. The molecule has 1 unspecified atom stereocenters. The molecule has 0 aliphatic carbocycles. The number of amides is 1. The predicted molar refractivity (Wildman–Crippen MR) is 78.8 cm³/mol. The van der Waals surface area contributed by atoms with E-state index in [-0.39, 0.29) is 18.4 Å². The van der Waals surface area contributed by atoms with Gasteiger partial charge in [-0.3, -0.25) is 4.79 Å². The van der Waals surface area contributed by atoms with Crippen molar-refractivity contribution in [3.05, 3.63) is 34.9 Å². The molecule has 0 aromatic heterocycles. The number of nitrogens with zero attached hydrogens (tertiary/aromatic N) is 2. The maximum Gasteiger partial charge on any atom is 0.254 e. The summed E-state index contributed by atoms with van der Waals surface area (Å²) in [6.45, 7) is 4.38. The summed E-state index contributed by atoms with van der Waals surface area (Å²) >= 11 is 0. The van der Waals surface area contributed by atoms with E-state index in [1.165, 1.54) is 0 Å². The van der Waals surface area contributed by atoms with Crippen molar-refractivity contribution < 1.29 is 4.79 Å². The summed E-state index contributed by atoms with van der Waals surface area (Å²) in [5, 5.41) is 8.82. The van der Waals surface area contributed by atoms with Crippen LogP contribution in [0, 0.1) is 36.0 Å². The van der Waals surface area contributed by atoms with Crippen LogP contribution in [-0.4, -0.2) is 30.9 Å². The van der Waals surface area contributed by atoms with Crippen LogP contribution in [-0.2, 0) is 0 Å². The number of carbonyl (C=O) groups excluding carboxylic acids is 1. The van der Waals surface area contributed by atoms with Gasteiger partial charge in [0, 0.05) is 19.2 Å². The third-order valence-electron chi connectivity index (χ3n) is 2.85. The molecular weight excluding hydrogens is 250 g/mol. The Labute approximate surface area is 120 Å². The van der Waals surface area contributed by atoms with Gasteiger partial charge in [-0.2, -0.15) is 5.26 Å². The van der Waals surface area contributed by atoms with Gasteiger partial charge in [-0.1, -0.05) is 17.9 Å². The summed E-state index contributed by atoms with van der Waals surface area (Å²) in [6.07, 6.45) is 0. The van der Waals surface area contributed by atoms with Gasteiger partial charge < -0.3 is 10.6 Å². The van der Waals surface area contributed by atoms with E-state index in [1.54, 1.807) is 24.9 Å². The fraction of sp³-hybridized carbons (Fsp3) is 0.375. The molecular formula is C16H19N3O. The third kappa shape index (κ3) is 4.12. The average Bonchev–Trinajstić information content (AvgIpc) is 2.44. The highest BCUT2D eigenvalue weighted by atomic mass is 16.2. The molecule has 104 valence electrons. The summed E-state index contributed by atoms with van der Waals surface area (Å²) < 4.78 is 0. The normalized spacial score (nSPS) is 10.9. The van der Waals surface area contributed by atoms with Gasteiger partial charge in [-0.15, -0.1) is 0 Å². The standard InChI is InChI=1S/C16H19N3O/c1-12-6-7-15(14(9-12)5-4-8-17)16(20)19(3)11-13(2)10-18/h6-7,9,13H,8,11,17H2,1-3H3. The lowest BCUT2D eigenvalue weighted by molar-refractivity contribution is 0.0785. The second-order valence-corrected chi connectivity index (χ2v) is 4.77. The van der Waals surface area contributed by atoms with Gasteiger partial charge in [0.25, 0.3) is 5.91 Å². The van der Waals surface area contributed by atoms with E-state index in [0.717, 1.165) is 5.56 Å². The van der Waals surface area contributed by atoms with Crippen LogP contribution in [0.1, 0.15) is 28.4 Å². The average molecular weight is 269 g/mol. The molecule has 4 heteroatoms. The Balaban J connectivity index is 3.06. The van der Waals surface area contributed by atoms with Gasteiger partial charge in [0.1, 0.15) is 0 Å². The lowest BCUT2D eigenvalue weighted by Gasteiger charge is -2.19. The molecule has 1 atom stereocenters. The number of benzene rings is 1. The quantitative estimate of drug-likeness (QED) is 0.846. The molecule has 0 aliphatic heterocycles. The van der Waals surface area contributed by atoms with Crippen LogP contribution in [0.5, 0.6) is 0 Å². The van der Waals surface area contributed by atoms with Crippen molar-refractivity contribution in [3.63, 3.8) is 0 Å². The zero-order valence-electron chi connectivity index (χ0n) is 12.1. The van der Waals surface area contributed by atoms with Crippen molar-refractivity contribution in [1.29, 1.82) is 5.26 Å². The second kappa shape index (κ2) is 7.33. The van der Waals surface area contributed by atoms with Crippen LogP contribution in [0.15, 0.2) is 18.2 Å². The van der Waals surface area contributed by atoms with Crippen molar-refractivity contribution in [2.45, 2.75) is 13.8 Å². The van der Waals surface area contributed by atoms with Gasteiger partial charge >= 0.3 is 0 Å². The molecule has 1 amide bonds. The molecule has 0 fully saturated rings. The van der Waals surface area contributed by atoms with E-state index < -0.39 is 0 Å². The third-order valence-corrected chi connectivity index (χ3v) is 2.85. The molecule has 0 heterocycles. The Kier molecular flexibility index (Phi) is 5.77. The molecule has 4 nitrogen and oxygen atoms in total. The van der Waals surface area contributed by atoms with E-state index in [1.807, 2.05) is 19.1 Å². The van der Waals surface area contributed by atoms with Crippen LogP contribution >= 0.6 is 0 Å². The highest BCUT2D eigenvalue weighted by Crippen LogP contribution is 2.13. The second-order valence-electron chi connectivity index (χ2n) is 4.77. The maximum atomic E-state index is 12.4. The monoisotopic (exact) mass is 269 g/mol. The van der Waals surface area contributed by atoms with E-state index in [2.05, 4.69) is 17.9 Å². The first kappa shape index (κ1) is 15.8. The predicted octanol–water partition coefficient (Wildman–Crippen LogP) is 1.54. The Morgan fingerprint density at radius 3 is 2.80 bits per heavy atom. The Morgan fingerprint density at radius 1 is 1.50 bits per heavy atom. The Hall–Kier alpha value is -2.30. The van der Waals surface area contributed by atoms with Crippen LogP contribution in [0.2, 0.25) is 0 Å². The fourth-order valence-corrected chi connectivity index (χ4v) is 1.83. The maximum absolute atomic E-state index is 12.4. The number of hydrogen-bond donors (Lipinski definition) is 1. The van der Waals surface area contributed by atoms with Crippen molar-refractivity contribution in [3.8, 4) is 17.9 Å². The number of hydrogen-bond acceptors (Lipinski definition) is 3. The SMILES string of the molecule is Cc1ccc(C(=O)N(C)CC(C)C#N)c(C#CCN)c1. The molecule has 1 aromatic carbocycles. The van der Waals surface area contributed by atoms with Crippen molar-refractivity contribution in [2.75, 3.05) is 20.1 Å². The molecule has 0 saturated heterocycles. The summed E-state index contributed by atoms with van der Waals surface area (Å²) in [5.41, 5.74) is 7.64. The number of nitrogens with two attached hydrogens (primary N) is 1. The molecule has 1 rings (SSSR count). The Morgan fingerprint density at radius 2 is 2.20 bits per heavy atom. The van der Waals surface area contributed by atoms with Gasteiger partial charge in [0.05, 0.1) is 24.1 Å². The number of carbonyl (C=O) groups is 1.